The topological polar surface area (TPSA) is 21.3 Å². The zero-order valence-corrected chi connectivity index (χ0v) is 12.3. The van der Waals surface area contributed by atoms with Crippen LogP contribution in [0.5, 0.6) is 0 Å². The van der Waals surface area contributed by atoms with Gasteiger partial charge in [-0.2, -0.15) is 0 Å². The molecule has 106 valence electrons. The highest BCUT2D eigenvalue weighted by Crippen LogP contribution is 2.50. The zero-order chi connectivity index (χ0) is 13.9. The van der Waals surface area contributed by atoms with Crippen LogP contribution in [0.25, 0.3) is 0 Å². The number of methoxy groups -OCH3 is 1. The van der Waals surface area contributed by atoms with Crippen molar-refractivity contribution in [3.63, 3.8) is 0 Å². The van der Waals surface area contributed by atoms with Gasteiger partial charge in [-0.15, -0.1) is 0 Å². The lowest BCUT2D eigenvalue weighted by atomic mass is 9.57. The Balaban J connectivity index is 2.15. The normalized spacial score (nSPS) is 26.2. The Bertz CT molecular complexity index is 440. The summed E-state index contributed by atoms with van der Waals surface area (Å²) in [5, 5.41) is 3.96. The van der Waals surface area contributed by atoms with Gasteiger partial charge >= 0.3 is 0 Å². The molecule has 0 bridgehead atoms. The SMILES string of the molecule is COCCNCC1(c2ccc(F)cc2Cl)CCC1C. The Labute approximate surface area is 119 Å². The van der Waals surface area contributed by atoms with Gasteiger partial charge in [-0.25, -0.2) is 4.39 Å². The van der Waals surface area contributed by atoms with E-state index in [1.807, 2.05) is 6.07 Å². The second-order valence-electron chi connectivity index (χ2n) is 5.39. The number of hydrogen-bond acceptors (Lipinski definition) is 2. The lowest BCUT2D eigenvalue weighted by Crippen LogP contribution is -2.50. The van der Waals surface area contributed by atoms with Crippen LogP contribution in [0.4, 0.5) is 4.39 Å². The first-order chi connectivity index (χ1) is 9.10. The van der Waals surface area contributed by atoms with Crippen molar-refractivity contribution in [2.75, 3.05) is 26.8 Å². The molecule has 0 radical (unpaired) electrons. The molecule has 0 amide bonds. The van der Waals surface area contributed by atoms with Crippen molar-refractivity contribution < 1.29 is 9.13 Å². The van der Waals surface area contributed by atoms with Gasteiger partial charge in [0.15, 0.2) is 0 Å². The largest absolute Gasteiger partial charge is 0.383 e. The van der Waals surface area contributed by atoms with E-state index in [0.717, 1.165) is 25.1 Å². The number of rotatable bonds is 6. The van der Waals surface area contributed by atoms with Crippen LogP contribution in [-0.2, 0) is 10.2 Å². The fourth-order valence-corrected chi connectivity index (χ4v) is 3.27. The van der Waals surface area contributed by atoms with Crippen molar-refractivity contribution in [2.45, 2.75) is 25.2 Å². The molecule has 1 aromatic rings. The molecule has 0 saturated heterocycles. The van der Waals surface area contributed by atoms with Gasteiger partial charge in [0, 0.05) is 30.6 Å². The van der Waals surface area contributed by atoms with Crippen molar-refractivity contribution in [1.29, 1.82) is 0 Å². The molecule has 19 heavy (non-hydrogen) atoms. The van der Waals surface area contributed by atoms with Gasteiger partial charge < -0.3 is 10.1 Å². The Morgan fingerprint density at radius 3 is 2.84 bits per heavy atom. The molecule has 2 unspecified atom stereocenters. The summed E-state index contributed by atoms with van der Waals surface area (Å²) in [6.07, 6.45) is 2.29. The van der Waals surface area contributed by atoms with E-state index in [-0.39, 0.29) is 11.2 Å². The predicted octanol–water partition coefficient (Wildman–Crippen LogP) is 3.38. The third-order valence-electron chi connectivity index (χ3n) is 4.36. The molecule has 1 saturated carbocycles. The third-order valence-corrected chi connectivity index (χ3v) is 4.67. The molecule has 1 N–H and O–H groups in total. The summed E-state index contributed by atoms with van der Waals surface area (Å²) in [6.45, 7) is 4.62. The van der Waals surface area contributed by atoms with E-state index in [2.05, 4.69) is 12.2 Å². The van der Waals surface area contributed by atoms with Gasteiger partial charge in [0.05, 0.1) is 6.61 Å². The highest BCUT2D eigenvalue weighted by atomic mass is 35.5. The van der Waals surface area contributed by atoms with E-state index in [1.54, 1.807) is 7.11 Å². The van der Waals surface area contributed by atoms with Gasteiger partial charge in [-0.3, -0.25) is 0 Å². The van der Waals surface area contributed by atoms with Crippen LogP contribution in [-0.4, -0.2) is 26.8 Å². The second kappa shape index (κ2) is 6.21. The number of halogens is 2. The quantitative estimate of drug-likeness (QED) is 0.809. The van der Waals surface area contributed by atoms with Crippen molar-refractivity contribution in [2.24, 2.45) is 5.92 Å². The summed E-state index contributed by atoms with van der Waals surface area (Å²) in [4.78, 5) is 0. The molecule has 4 heteroatoms. The maximum absolute atomic E-state index is 13.2. The molecular weight excluding hydrogens is 265 g/mol. The van der Waals surface area contributed by atoms with Crippen LogP contribution in [0.1, 0.15) is 25.3 Å². The van der Waals surface area contributed by atoms with Crippen molar-refractivity contribution in [1.82, 2.24) is 5.32 Å². The number of hydrogen-bond donors (Lipinski definition) is 1. The number of benzene rings is 1. The van der Waals surface area contributed by atoms with Crippen molar-refractivity contribution in [3.8, 4) is 0 Å². The highest BCUT2D eigenvalue weighted by Gasteiger charge is 2.45. The first kappa shape index (κ1) is 14.8. The van der Waals surface area contributed by atoms with Crippen LogP contribution in [0.3, 0.4) is 0 Å². The van der Waals surface area contributed by atoms with E-state index in [4.69, 9.17) is 16.3 Å². The Morgan fingerprint density at radius 1 is 1.53 bits per heavy atom. The summed E-state index contributed by atoms with van der Waals surface area (Å²) >= 11 is 6.24. The minimum atomic E-state index is -0.275. The van der Waals surface area contributed by atoms with Gasteiger partial charge in [-0.05, 0) is 36.5 Å². The molecule has 1 aliphatic carbocycles. The smallest absolute Gasteiger partial charge is 0.124 e. The van der Waals surface area contributed by atoms with E-state index < -0.39 is 0 Å². The highest BCUT2D eigenvalue weighted by molar-refractivity contribution is 6.31. The molecular formula is C15H21ClFNO. The molecule has 2 nitrogen and oxygen atoms in total. The van der Waals surface area contributed by atoms with Crippen molar-refractivity contribution in [3.05, 3.63) is 34.6 Å². The number of nitrogens with one attached hydrogen (secondary N) is 1. The van der Waals surface area contributed by atoms with E-state index in [1.165, 1.54) is 18.6 Å². The summed E-state index contributed by atoms with van der Waals surface area (Å²) in [6, 6.07) is 4.76. The third kappa shape index (κ3) is 2.93. The molecule has 1 fully saturated rings. The molecule has 0 spiro atoms. The van der Waals surface area contributed by atoms with Gasteiger partial charge in [0.1, 0.15) is 5.82 Å². The second-order valence-corrected chi connectivity index (χ2v) is 5.80. The summed E-state index contributed by atoms with van der Waals surface area (Å²) < 4.78 is 18.2. The van der Waals surface area contributed by atoms with E-state index >= 15 is 0 Å². The fourth-order valence-electron chi connectivity index (χ4n) is 2.92. The maximum Gasteiger partial charge on any atom is 0.124 e. The molecule has 0 aliphatic heterocycles. The van der Waals surface area contributed by atoms with Gasteiger partial charge in [-0.1, -0.05) is 24.6 Å². The maximum atomic E-state index is 13.2. The summed E-state index contributed by atoms with van der Waals surface area (Å²) in [5.41, 5.74) is 1.11. The first-order valence-corrected chi connectivity index (χ1v) is 7.13. The zero-order valence-electron chi connectivity index (χ0n) is 11.5. The minimum absolute atomic E-state index is 0.0402. The Morgan fingerprint density at radius 2 is 2.32 bits per heavy atom. The molecule has 2 rings (SSSR count). The van der Waals surface area contributed by atoms with Crippen LogP contribution in [0.2, 0.25) is 5.02 Å². The monoisotopic (exact) mass is 285 g/mol. The van der Waals surface area contributed by atoms with Crippen LogP contribution < -0.4 is 5.32 Å². The standard InChI is InChI=1S/C15H21ClFNO/c1-11-5-6-15(11,10-18-7-8-19-2)13-4-3-12(17)9-14(13)16/h3-4,9,11,18H,5-8,10H2,1-2H3. The lowest BCUT2D eigenvalue weighted by molar-refractivity contribution is 0.127. The average molecular weight is 286 g/mol. The lowest BCUT2D eigenvalue weighted by Gasteiger charge is -2.49. The molecule has 1 aliphatic rings. The molecule has 2 atom stereocenters. The molecule has 1 aromatic carbocycles. The van der Waals surface area contributed by atoms with Crippen LogP contribution in [0.15, 0.2) is 18.2 Å². The van der Waals surface area contributed by atoms with Crippen LogP contribution in [0, 0.1) is 11.7 Å². The number of ether oxygens (including phenoxy) is 1. The summed E-state index contributed by atoms with van der Waals surface area (Å²) in [5.74, 6) is 0.286. The molecule has 0 aromatic heterocycles. The minimum Gasteiger partial charge on any atom is -0.383 e. The molecule has 0 heterocycles. The van der Waals surface area contributed by atoms with Crippen LogP contribution >= 0.6 is 11.6 Å². The fraction of sp³-hybridized carbons (Fsp3) is 0.600. The van der Waals surface area contributed by atoms with E-state index in [0.29, 0.717) is 17.5 Å². The Hall–Kier alpha value is -0.640. The average Bonchev–Trinajstić information content (AvgIpc) is 2.38. The first-order valence-electron chi connectivity index (χ1n) is 6.75. The summed E-state index contributed by atoms with van der Waals surface area (Å²) in [7, 11) is 1.69. The Kier molecular flexibility index (Phi) is 4.82. The van der Waals surface area contributed by atoms with Crippen molar-refractivity contribution >= 4 is 11.6 Å². The predicted molar refractivity (Wildman–Crippen MR) is 76.2 cm³/mol. The van der Waals surface area contributed by atoms with E-state index in [9.17, 15) is 4.39 Å². The van der Waals surface area contributed by atoms with Gasteiger partial charge in [0.25, 0.3) is 0 Å². The van der Waals surface area contributed by atoms with Gasteiger partial charge in [0.2, 0.25) is 0 Å².